The number of hydrogen-bond acceptors (Lipinski definition) is 3. The van der Waals surface area contributed by atoms with Crippen molar-refractivity contribution >= 4 is 17.7 Å². The van der Waals surface area contributed by atoms with E-state index in [1.807, 2.05) is 24.3 Å². The normalized spacial score (nSPS) is 10.2. The molecule has 0 radical (unpaired) electrons. The molecule has 0 spiro atoms. The molecule has 20 heavy (non-hydrogen) atoms. The number of thioether (sulfide) groups is 1. The summed E-state index contributed by atoms with van der Waals surface area (Å²) in [6.45, 7) is 2.77. The van der Waals surface area contributed by atoms with Crippen LogP contribution in [0, 0.1) is 6.92 Å². The van der Waals surface area contributed by atoms with Crippen molar-refractivity contribution in [2.75, 3.05) is 12.3 Å². The fourth-order valence-corrected chi connectivity index (χ4v) is 2.58. The first-order valence-corrected chi connectivity index (χ1v) is 7.58. The zero-order valence-electron chi connectivity index (χ0n) is 11.5. The lowest BCUT2D eigenvalue weighted by Gasteiger charge is -2.07. The highest BCUT2D eigenvalue weighted by Crippen LogP contribution is 2.15. The number of benzene rings is 1. The predicted molar refractivity (Wildman–Crippen MR) is 82.9 cm³/mol. The first-order chi connectivity index (χ1) is 9.75. The number of rotatable bonds is 6. The minimum Gasteiger partial charge on any atom is -0.355 e. The molecule has 1 aromatic carbocycles. The van der Waals surface area contributed by atoms with Crippen molar-refractivity contribution in [1.82, 2.24) is 10.3 Å². The summed E-state index contributed by atoms with van der Waals surface area (Å²) in [4.78, 5) is 16.8. The van der Waals surface area contributed by atoms with E-state index in [-0.39, 0.29) is 5.91 Å². The topological polar surface area (TPSA) is 42.0 Å². The van der Waals surface area contributed by atoms with Crippen LogP contribution in [0.1, 0.15) is 11.1 Å². The summed E-state index contributed by atoms with van der Waals surface area (Å²) in [5.41, 5.74) is 2.56. The number of carbonyl (C=O) groups excluding carboxylic acids is 1. The van der Waals surface area contributed by atoms with Crippen molar-refractivity contribution < 1.29 is 4.79 Å². The van der Waals surface area contributed by atoms with Crippen LogP contribution in [-0.4, -0.2) is 23.2 Å². The van der Waals surface area contributed by atoms with Gasteiger partial charge in [0.15, 0.2) is 0 Å². The second-order valence-electron chi connectivity index (χ2n) is 4.50. The van der Waals surface area contributed by atoms with Crippen LogP contribution in [0.3, 0.4) is 0 Å². The van der Waals surface area contributed by atoms with Crippen molar-refractivity contribution in [3.8, 4) is 0 Å². The monoisotopic (exact) mass is 286 g/mol. The predicted octanol–water partition coefficient (Wildman–Crippen LogP) is 2.84. The van der Waals surface area contributed by atoms with E-state index in [2.05, 4.69) is 29.4 Å². The summed E-state index contributed by atoms with van der Waals surface area (Å²) >= 11 is 1.53. The molecule has 104 valence electrons. The highest BCUT2D eigenvalue weighted by Gasteiger charge is 2.03. The van der Waals surface area contributed by atoms with Gasteiger partial charge >= 0.3 is 0 Å². The van der Waals surface area contributed by atoms with Crippen LogP contribution in [0.5, 0.6) is 0 Å². The fourth-order valence-electron chi connectivity index (χ4n) is 1.86. The van der Waals surface area contributed by atoms with Gasteiger partial charge < -0.3 is 5.32 Å². The van der Waals surface area contributed by atoms with Gasteiger partial charge in [-0.3, -0.25) is 9.78 Å². The molecule has 0 unspecified atom stereocenters. The summed E-state index contributed by atoms with van der Waals surface area (Å²) in [6.07, 6.45) is 4.34. The van der Waals surface area contributed by atoms with Crippen LogP contribution in [0.2, 0.25) is 0 Å². The number of amides is 1. The molecule has 2 aromatic rings. The SMILES string of the molecule is Cc1ccccc1CCNC(=O)CSc1ccncc1. The Morgan fingerprint density at radius 2 is 1.95 bits per heavy atom. The molecule has 1 aromatic heterocycles. The van der Waals surface area contributed by atoms with E-state index in [0.717, 1.165) is 11.3 Å². The minimum absolute atomic E-state index is 0.0698. The summed E-state index contributed by atoms with van der Waals surface area (Å²) in [5, 5.41) is 2.95. The number of aryl methyl sites for hydroxylation is 1. The van der Waals surface area contributed by atoms with Gasteiger partial charge in [0.05, 0.1) is 5.75 Å². The standard InChI is InChI=1S/C16H18N2OS/c1-13-4-2-3-5-14(13)6-11-18-16(19)12-20-15-7-9-17-10-8-15/h2-5,7-10H,6,11-12H2,1H3,(H,18,19). The Morgan fingerprint density at radius 1 is 1.20 bits per heavy atom. The van der Waals surface area contributed by atoms with Gasteiger partial charge in [0.1, 0.15) is 0 Å². The zero-order chi connectivity index (χ0) is 14.2. The van der Waals surface area contributed by atoms with E-state index in [1.165, 1.54) is 22.9 Å². The summed E-state index contributed by atoms with van der Waals surface area (Å²) in [7, 11) is 0. The highest BCUT2D eigenvalue weighted by atomic mass is 32.2. The van der Waals surface area contributed by atoms with E-state index >= 15 is 0 Å². The molecule has 2 rings (SSSR count). The molecule has 1 N–H and O–H groups in total. The maximum atomic E-state index is 11.7. The van der Waals surface area contributed by atoms with E-state index in [4.69, 9.17) is 0 Å². The number of carbonyl (C=O) groups is 1. The van der Waals surface area contributed by atoms with Crippen LogP contribution in [0.4, 0.5) is 0 Å². The van der Waals surface area contributed by atoms with E-state index in [9.17, 15) is 4.79 Å². The lowest BCUT2D eigenvalue weighted by molar-refractivity contribution is -0.118. The number of pyridine rings is 1. The third kappa shape index (κ3) is 4.70. The number of nitrogens with one attached hydrogen (secondary N) is 1. The van der Waals surface area contributed by atoms with E-state index in [0.29, 0.717) is 12.3 Å². The number of hydrogen-bond donors (Lipinski definition) is 1. The van der Waals surface area contributed by atoms with Crippen LogP contribution in [0.25, 0.3) is 0 Å². The summed E-state index contributed by atoms with van der Waals surface area (Å²) in [5.74, 6) is 0.512. The molecule has 0 aliphatic heterocycles. The molecule has 0 atom stereocenters. The second kappa shape index (κ2) is 7.70. The van der Waals surface area contributed by atoms with Crippen LogP contribution >= 0.6 is 11.8 Å². The molecule has 0 aliphatic rings. The summed E-state index contributed by atoms with van der Waals surface area (Å²) in [6, 6.07) is 12.1. The van der Waals surface area contributed by atoms with Gasteiger partial charge in [0.25, 0.3) is 0 Å². The smallest absolute Gasteiger partial charge is 0.230 e. The Morgan fingerprint density at radius 3 is 2.70 bits per heavy atom. The molecule has 0 bridgehead atoms. The molecular formula is C16H18N2OS. The third-order valence-electron chi connectivity index (χ3n) is 3.00. The first kappa shape index (κ1) is 14.6. The van der Waals surface area contributed by atoms with Crippen molar-refractivity contribution in [1.29, 1.82) is 0 Å². The molecule has 0 saturated carbocycles. The molecule has 1 heterocycles. The van der Waals surface area contributed by atoms with Gasteiger partial charge in [0, 0.05) is 23.8 Å². The van der Waals surface area contributed by atoms with E-state index in [1.54, 1.807) is 12.4 Å². The summed E-state index contributed by atoms with van der Waals surface area (Å²) < 4.78 is 0. The van der Waals surface area contributed by atoms with Crippen molar-refractivity contribution in [2.45, 2.75) is 18.2 Å². The molecule has 4 heteroatoms. The maximum Gasteiger partial charge on any atom is 0.230 e. The lowest BCUT2D eigenvalue weighted by Crippen LogP contribution is -2.27. The first-order valence-electron chi connectivity index (χ1n) is 6.60. The highest BCUT2D eigenvalue weighted by molar-refractivity contribution is 8.00. The Hall–Kier alpha value is -1.81. The van der Waals surface area contributed by atoms with Gasteiger partial charge in [0.2, 0.25) is 5.91 Å². The fraction of sp³-hybridized carbons (Fsp3) is 0.250. The Labute approximate surface area is 123 Å². The molecule has 1 amide bonds. The van der Waals surface area contributed by atoms with Gasteiger partial charge in [-0.2, -0.15) is 0 Å². The average molecular weight is 286 g/mol. The Balaban J connectivity index is 1.69. The molecular weight excluding hydrogens is 268 g/mol. The van der Waals surface area contributed by atoms with Crippen LogP contribution in [0.15, 0.2) is 53.7 Å². The molecule has 0 saturated heterocycles. The average Bonchev–Trinajstić information content (AvgIpc) is 2.48. The largest absolute Gasteiger partial charge is 0.355 e. The Bertz CT molecular complexity index is 557. The maximum absolute atomic E-state index is 11.7. The number of nitrogens with zero attached hydrogens (tertiary/aromatic N) is 1. The quantitative estimate of drug-likeness (QED) is 0.830. The number of aromatic nitrogens is 1. The van der Waals surface area contributed by atoms with Gasteiger partial charge in [-0.25, -0.2) is 0 Å². The van der Waals surface area contributed by atoms with E-state index < -0.39 is 0 Å². The van der Waals surface area contributed by atoms with Crippen molar-refractivity contribution in [3.63, 3.8) is 0 Å². The minimum atomic E-state index is 0.0698. The molecule has 3 nitrogen and oxygen atoms in total. The van der Waals surface area contributed by atoms with Gasteiger partial charge in [-0.05, 0) is 36.6 Å². The third-order valence-corrected chi connectivity index (χ3v) is 4.01. The van der Waals surface area contributed by atoms with Crippen molar-refractivity contribution in [2.24, 2.45) is 0 Å². The molecule has 0 aliphatic carbocycles. The van der Waals surface area contributed by atoms with Crippen LogP contribution in [-0.2, 0) is 11.2 Å². The zero-order valence-corrected chi connectivity index (χ0v) is 12.3. The molecule has 0 fully saturated rings. The van der Waals surface area contributed by atoms with Gasteiger partial charge in [-0.15, -0.1) is 11.8 Å². The van der Waals surface area contributed by atoms with Crippen molar-refractivity contribution in [3.05, 3.63) is 59.9 Å². The Kier molecular flexibility index (Phi) is 5.62. The lowest BCUT2D eigenvalue weighted by atomic mass is 10.1. The van der Waals surface area contributed by atoms with Gasteiger partial charge in [-0.1, -0.05) is 24.3 Å². The second-order valence-corrected chi connectivity index (χ2v) is 5.55. The van der Waals surface area contributed by atoms with Crippen LogP contribution < -0.4 is 5.32 Å².